The second-order valence-corrected chi connectivity index (χ2v) is 4.10. The Morgan fingerprint density at radius 1 is 1.47 bits per heavy atom. The topological polar surface area (TPSA) is 76.4 Å². The SMILES string of the molecule is NCC(O)CSc1nnc2ccccn12. The maximum absolute atomic E-state index is 9.33. The summed E-state index contributed by atoms with van der Waals surface area (Å²) in [6.07, 6.45) is 1.40. The predicted octanol–water partition coefficient (Wildman–Crippen LogP) is 0.141. The lowest BCUT2D eigenvalue weighted by atomic mass is 10.4. The Morgan fingerprint density at radius 2 is 2.33 bits per heavy atom. The lowest BCUT2D eigenvalue weighted by Gasteiger charge is -2.04. The van der Waals surface area contributed by atoms with Crippen molar-refractivity contribution in [1.29, 1.82) is 0 Å². The Hall–Kier alpha value is -1.11. The molecule has 15 heavy (non-hydrogen) atoms. The summed E-state index contributed by atoms with van der Waals surface area (Å²) in [4.78, 5) is 0. The minimum atomic E-state index is -0.494. The summed E-state index contributed by atoms with van der Waals surface area (Å²) in [6.45, 7) is 0.268. The number of hydrogen-bond acceptors (Lipinski definition) is 5. The Balaban J connectivity index is 2.14. The number of rotatable bonds is 4. The Bertz CT molecular complexity index is 444. The van der Waals surface area contributed by atoms with Crippen molar-refractivity contribution in [2.24, 2.45) is 5.73 Å². The summed E-state index contributed by atoms with van der Waals surface area (Å²) in [5.74, 6) is 0.534. The first kappa shape index (κ1) is 10.4. The number of thioether (sulfide) groups is 1. The van der Waals surface area contributed by atoms with Crippen LogP contribution in [0.4, 0.5) is 0 Å². The van der Waals surface area contributed by atoms with Crippen molar-refractivity contribution >= 4 is 17.4 Å². The highest BCUT2D eigenvalue weighted by Gasteiger charge is 2.07. The molecule has 0 aliphatic carbocycles. The molecule has 2 aromatic rings. The number of aliphatic hydroxyl groups is 1. The molecule has 0 spiro atoms. The van der Waals surface area contributed by atoms with Crippen molar-refractivity contribution in [1.82, 2.24) is 14.6 Å². The molecule has 2 heterocycles. The maximum Gasteiger partial charge on any atom is 0.195 e. The molecule has 0 bridgehead atoms. The molecular formula is C9H12N4OS. The smallest absolute Gasteiger partial charge is 0.195 e. The summed E-state index contributed by atoms with van der Waals surface area (Å²) in [5.41, 5.74) is 6.13. The molecule has 0 saturated heterocycles. The highest BCUT2D eigenvalue weighted by atomic mass is 32.2. The van der Waals surface area contributed by atoms with Gasteiger partial charge in [0.2, 0.25) is 0 Å². The maximum atomic E-state index is 9.33. The third-order valence-corrected chi connectivity index (χ3v) is 3.05. The lowest BCUT2D eigenvalue weighted by molar-refractivity contribution is 0.208. The lowest BCUT2D eigenvalue weighted by Crippen LogP contribution is -2.22. The van der Waals surface area contributed by atoms with E-state index >= 15 is 0 Å². The van der Waals surface area contributed by atoms with Crippen molar-refractivity contribution in [3.63, 3.8) is 0 Å². The van der Waals surface area contributed by atoms with Gasteiger partial charge < -0.3 is 10.8 Å². The molecule has 0 saturated carbocycles. The van der Waals surface area contributed by atoms with Crippen LogP contribution in [0.5, 0.6) is 0 Å². The van der Waals surface area contributed by atoms with Crippen LogP contribution in [0.15, 0.2) is 29.6 Å². The highest BCUT2D eigenvalue weighted by Crippen LogP contribution is 2.16. The molecule has 0 aromatic carbocycles. The number of nitrogens with two attached hydrogens (primary N) is 1. The van der Waals surface area contributed by atoms with Crippen LogP contribution in [0.3, 0.4) is 0 Å². The van der Waals surface area contributed by atoms with E-state index in [1.807, 2.05) is 28.8 Å². The second-order valence-electron chi connectivity index (χ2n) is 3.11. The fourth-order valence-corrected chi connectivity index (χ4v) is 2.03. The number of pyridine rings is 1. The summed E-state index contributed by atoms with van der Waals surface area (Å²) in [5, 5.41) is 18.1. The third kappa shape index (κ3) is 2.28. The minimum Gasteiger partial charge on any atom is -0.391 e. The second kappa shape index (κ2) is 4.61. The molecular weight excluding hydrogens is 212 g/mol. The molecule has 2 aromatic heterocycles. The molecule has 1 atom stereocenters. The third-order valence-electron chi connectivity index (χ3n) is 1.96. The fourth-order valence-electron chi connectivity index (χ4n) is 1.16. The number of hydrogen-bond donors (Lipinski definition) is 2. The van der Waals surface area contributed by atoms with E-state index in [0.29, 0.717) is 5.75 Å². The molecule has 0 aliphatic rings. The van der Waals surface area contributed by atoms with Gasteiger partial charge in [-0.15, -0.1) is 10.2 Å². The largest absolute Gasteiger partial charge is 0.391 e. The van der Waals surface area contributed by atoms with Crippen LogP contribution in [-0.4, -0.2) is 38.1 Å². The van der Waals surface area contributed by atoms with Crippen LogP contribution in [-0.2, 0) is 0 Å². The van der Waals surface area contributed by atoms with Crippen LogP contribution in [0.1, 0.15) is 0 Å². The summed E-state index contributed by atoms with van der Waals surface area (Å²) < 4.78 is 1.88. The number of aromatic nitrogens is 3. The molecule has 0 aliphatic heterocycles. The Kier molecular flexibility index (Phi) is 3.20. The molecule has 1 unspecified atom stereocenters. The Labute approximate surface area is 91.3 Å². The van der Waals surface area contributed by atoms with Crippen LogP contribution >= 0.6 is 11.8 Å². The molecule has 5 nitrogen and oxygen atoms in total. The Morgan fingerprint density at radius 3 is 3.13 bits per heavy atom. The summed E-state index contributed by atoms with van der Waals surface area (Å²) in [6, 6.07) is 5.71. The van der Waals surface area contributed by atoms with Gasteiger partial charge in [0, 0.05) is 18.5 Å². The van der Waals surface area contributed by atoms with Gasteiger partial charge in [-0.05, 0) is 12.1 Å². The van der Waals surface area contributed by atoms with E-state index in [0.717, 1.165) is 10.8 Å². The quantitative estimate of drug-likeness (QED) is 0.722. The molecule has 0 amide bonds. The van der Waals surface area contributed by atoms with Crippen LogP contribution in [0.2, 0.25) is 0 Å². The van der Waals surface area contributed by atoms with E-state index in [1.54, 1.807) is 0 Å². The van der Waals surface area contributed by atoms with Gasteiger partial charge in [-0.25, -0.2) is 0 Å². The first-order valence-electron chi connectivity index (χ1n) is 4.62. The average molecular weight is 224 g/mol. The van der Waals surface area contributed by atoms with Crippen LogP contribution in [0, 0.1) is 0 Å². The zero-order chi connectivity index (χ0) is 10.7. The van der Waals surface area contributed by atoms with Gasteiger partial charge >= 0.3 is 0 Å². The van der Waals surface area contributed by atoms with E-state index in [9.17, 15) is 5.11 Å². The number of nitrogens with zero attached hydrogens (tertiary/aromatic N) is 3. The monoisotopic (exact) mass is 224 g/mol. The van der Waals surface area contributed by atoms with Crippen molar-refractivity contribution in [3.05, 3.63) is 24.4 Å². The molecule has 2 rings (SSSR count). The zero-order valence-corrected chi connectivity index (χ0v) is 8.89. The predicted molar refractivity (Wildman–Crippen MR) is 58.8 cm³/mol. The van der Waals surface area contributed by atoms with Crippen LogP contribution < -0.4 is 5.73 Å². The standard InChI is InChI=1S/C9H12N4OS/c10-5-7(14)6-15-9-12-11-8-3-1-2-4-13(8)9/h1-4,7,14H,5-6,10H2. The van der Waals surface area contributed by atoms with E-state index < -0.39 is 6.10 Å². The number of fused-ring (bicyclic) bond motifs is 1. The normalized spacial score (nSPS) is 13.2. The van der Waals surface area contributed by atoms with Gasteiger partial charge in [0.1, 0.15) is 0 Å². The molecule has 0 fully saturated rings. The number of aliphatic hydroxyl groups excluding tert-OH is 1. The van der Waals surface area contributed by atoms with Crippen molar-refractivity contribution in [3.8, 4) is 0 Å². The minimum absolute atomic E-state index is 0.268. The van der Waals surface area contributed by atoms with E-state index in [-0.39, 0.29) is 6.54 Å². The zero-order valence-electron chi connectivity index (χ0n) is 8.08. The first-order chi connectivity index (χ1) is 7.31. The van der Waals surface area contributed by atoms with E-state index in [2.05, 4.69) is 10.2 Å². The highest BCUT2D eigenvalue weighted by molar-refractivity contribution is 7.99. The van der Waals surface area contributed by atoms with Gasteiger partial charge in [0.15, 0.2) is 10.8 Å². The van der Waals surface area contributed by atoms with Gasteiger partial charge in [0.05, 0.1) is 6.10 Å². The van der Waals surface area contributed by atoms with Crippen molar-refractivity contribution in [2.45, 2.75) is 11.3 Å². The van der Waals surface area contributed by atoms with Crippen molar-refractivity contribution < 1.29 is 5.11 Å². The molecule has 6 heteroatoms. The summed E-state index contributed by atoms with van der Waals surface area (Å²) in [7, 11) is 0. The van der Waals surface area contributed by atoms with Gasteiger partial charge in [-0.1, -0.05) is 17.8 Å². The average Bonchev–Trinajstić information content (AvgIpc) is 2.69. The van der Waals surface area contributed by atoms with Crippen LogP contribution in [0.25, 0.3) is 5.65 Å². The van der Waals surface area contributed by atoms with Gasteiger partial charge in [0.25, 0.3) is 0 Å². The van der Waals surface area contributed by atoms with Crippen molar-refractivity contribution in [2.75, 3.05) is 12.3 Å². The van der Waals surface area contributed by atoms with Gasteiger partial charge in [-0.3, -0.25) is 4.40 Å². The molecule has 80 valence electrons. The molecule has 0 radical (unpaired) electrons. The van der Waals surface area contributed by atoms with Gasteiger partial charge in [-0.2, -0.15) is 0 Å². The summed E-state index contributed by atoms with van der Waals surface area (Å²) >= 11 is 1.45. The first-order valence-corrected chi connectivity index (χ1v) is 5.60. The fraction of sp³-hybridized carbons (Fsp3) is 0.333. The van der Waals surface area contributed by atoms with E-state index in [4.69, 9.17) is 5.73 Å². The molecule has 3 N–H and O–H groups in total. The van der Waals surface area contributed by atoms with E-state index in [1.165, 1.54) is 11.8 Å².